The van der Waals surface area contributed by atoms with Gasteiger partial charge in [-0.25, -0.2) is 4.98 Å². The Kier molecular flexibility index (Phi) is 6.25. The highest BCUT2D eigenvalue weighted by molar-refractivity contribution is 7.98. The number of phenols is 1. The zero-order chi connectivity index (χ0) is 24.5. The molecule has 3 N–H and O–H groups in total. The predicted octanol–water partition coefficient (Wildman–Crippen LogP) is 4.35. The van der Waals surface area contributed by atoms with Crippen LogP contribution in [0.3, 0.4) is 0 Å². The molecule has 2 aromatic carbocycles. The number of fused-ring (bicyclic) bond motifs is 1. The summed E-state index contributed by atoms with van der Waals surface area (Å²) in [5.41, 5.74) is 3.10. The van der Waals surface area contributed by atoms with Crippen LogP contribution in [0.5, 0.6) is 17.2 Å². The average Bonchev–Trinajstić information content (AvgIpc) is 2.87. The fourth-order valence-corrected chi connectivity index (χ4v) is 5.47. The molecule has 1 unspecified atom stereocenters. The average molecular weight is 492 g/mol. The van der Waals surface area contributed by atoms with E-state index in [9.17, 15) is 14.7 Å². The molecule has 1 aliphatic carbocycles. The first-order chi connectivity index (χ1) is 17.0. The van der Waals surface area contributed by atoms with E-state index >= 15 is 0 Å². The van der Waals surface area contributed by atoms with E-state index in [1.54, 1.807) is 12.1 Å². The van der Waals surface area contributed by atoms with Crippen molar-refractivity contribution < 1.29 is 19.4 Å². The fraction of sp³-hybridized carbons (Fsp3) is 0.269. The number of aromatic amines is 1. The Morgan fingerprint density at radius 1 is 1.09 bits per heavy atom. The molecule has 8 nitrogen and oxygen atoms in total. The van der Waals surface area contributed by atoms with Crippen molar-refractivity contribution >= 4 is 23.4 Å². The third kappa shape index (κ3) is 4.27. The van der Waals surface area contributed by atoms with E-state index in [1.165, 1.54) is 26.0 Å². The van der Waals surface area contributed by atoms with Crippen molar-refractivity contribution in [2.45, 2.75) is 36.1 Å². The molecule has 0 saturated heterocycles. The van der Waals surface area contributed by atoms with E-state index in [4.69, 9.17) is 14.5 Å². The Bertz CT molecular complexity index is 1360. The van der Waals surface area contributed by atoms with Crippen LogP contribution in [0.1, 0.15) is 41.9 Å². The highest BCUT2D eigenvalue weighted by atomic mass is 32.2. The standard InChI is InChI=1S/C26H25N3O5S/c1-33-18-11-15(12-19(34-2)23(18)31)20-21-16(9-6-10-17(21)30)27-24-22(20)25(32)29-26(28-24)35-13-14-7-4-3-5-8-14/h3-5,7-8,11-12,20,31H,6,9-10,13H2,1-2H3,(H2,27,28,29,32). The van der Waals surface area contributed by atoms with Crippen LogP contribution in [0.15, 0.2) is 63.7 Å². The summed E-state index contributed by atoms with van der Waals surface area (Å²) in [6.45, 7) is 0. The number of ketones is 1. The maximum atomic E-state index is 13.4. The first-order valence-corrected chi connectivity index (χ1v) is 12.3. The number of carbonyl (C=O) groups is 1. The number of carbonyl (C=O) groups excluding carboxylic acids is 1. The third-order valence-electron chi connectivity index (χ3n) is 6.29. The Morgan fingerprint density at radius 2 is 1.80 bits per heavy atom. The number of aromatic nitrogens is 2. The lowest BCUT2D eigenvalue weighted by molar-refractivity contribution is -0.116. The summed E-state index contributed by atoms with van der Waals surface area (Å²) in [4.78, 5) is 34.1. The Morgan fingerprint density at radius 3 is 2.49 bits per heavy atom. The first-order valence-electron chi connectivity index (χ1n) is 11.3. The number of methoxy groups -OCH3 is 2. The quantitative estimate of drug-likeness (QED) is 0.345. The minimum absolute atomic E-state index is 0.0117. The molecule has 1 aromatic heterocycles. The lowest BCUT2D eigenvalue weighted by Crippen LogP contribution is -2.32. The lowest BCUT2D eigenvalue weighted by atomic mass is 9.76. The van der Waals surface area contributed by atoms with Gasteiger partial charge in [-0.15, -0.1) is 0 Å². The van der Waals surface area contributed by atoms with Gasteiger partial charge in [0.15, 0.2) is 22.4 Å². The summed E-state index contributed by atoms with van der Waals surface area (Å²) >= 11 is 1.44. The highest BCUT2D eigenvalue weighted by Gasteiger charge is 2.38. The van der Waals surface area contributed by atoms with Crippen molar-refractivity contribution in [2.75, 3.05) is 19.5 Å². The van der Waals surface area contributed by atoms with Gasteiger partial charge in [0.2, 0.25) is 5.75 Å². The van der Waals surface area contributed by atoms with Crippen LogP contribution < -0.4 is 20.3 Å². The van der Waals surface area contributed by atoms with Crippen molar-refractivity contribution in [3.63, 3.8) is 0 Å². The van der Waals surface area contributed by atoms with E-state index in [2.05, 4.69) is 10.3 Å². The molecular weight excluding hydrogens is 466 g/mol. The monoisotopic (exact) mass is 491 g/mol. The maximum absolute atomic E-state index is 13.4. The number of anilines is 1. The summed E-state index contributed by atoms with van der Waals surface area (Å²) in [5, 5.41) is 14.2. The van der Waals surface area contributed by atoms with Crippen LogP contribution in [-0.4, -0.2) is 35.1 Å². The third-order valence-corrected chi connectivity index (χ3v) is 7.23. The van der Waals surface area contributed by atoms with E-state index in [0.29, 0.717) is 46.3 Å². The van der Waals surface area contributed by atoms with Gasteiger partial charge in [-0.05, 0) is 36.1 Å². The second kappa shape index (κ2) is 9.50. The van der Waals surface area contributed by atoms with Gasteiger partial charge in [0.1, 0.15) is 5.82 Å². The molecule has 0 spiro atoms. The normalized spacial score (nSPS) is 16.9. The summed E-state index contributed by atoms with van der Waals surface area (Å²) in [7, 11) is 2.88. The highest BCUT2D eigenvalue weighted by Crippen LogP contribution is 2.47. The van der Waals surface area contributed by atoms with Crippen molar-refractivity contribution in [3.8, 4) is 17.2 Å². The van der Waals surface area contributed by atoms with Gasteiger partial charge in [0.05, 0.1) is 19.8 Å². The van der Waals surface area contributed by atoms with Crippen LogP contribution >= 0.6 is 11.8 Å². The van der Waals surface area contributed by atoms with Gasteiger partial charge in [-0.2, -0.15) is 0 Å². The Balaban J connectivity index is 1.62. The molecule has 3 aromatic rings. The number of Topliss-reactive ketones (excluding diaryl/α,β-unsaturated/α-hetero) is 1. The number of aromatic hydroxyl groups is 1. The van der Waals surface area contributed by atoms with Crippen LogP contribution in [0.2, 0.25) is 0 Å². The molecule has 1 aliphatic heterocycles. The molecule has 0 saturated carbocycles. The number of ether oxygens (including phenoxy) is 2. The first kappa shape index (κ1) is 23.0. The van der Waals surface area contributed by atoms with Crippen molar-refractivity contribution in [3.05, 3.63) is 80.8 Å². The van der Waals surface area contributed by atoms with Gasteiger partial charge < -0.3 is 24.9 Å². The number of nitrogens with zero attached hydrogens (tertiary/aromatic N) is 1. The zero-order valence-electron chi connectivity index (χ0n) is 19.4. The van der Waals surface area contributed by atoms with Crippen molar-refractivity contribution in [1.29, 1.82) is 0 Å². The second-order valence-electron chi connectivity index (χ2n) is 8.41. The van der Waals surface area contributed by atoms with Crippen LogP contribution in [0.4, 0.5) is 5.82 Å². The summed E-state index contributed by atoms with van der Waals surface area (Å²) in [5.74, 6) is 0.674. The Hall–Kier alpha value is -3.72. The molecule has 0 bridgehead atoms. The number of benzene rings is 2. The molecule has 5 rings (SSSR count). The van der Waals surface area contributed by atoms with Crippen LogP contribution in [0.25, 0.3) is 0 Å². The minimum Gasteiger partial charge on any atom is -0.502 e. The van der Waals surface area contributed by atoms with Gasteiger partial charge in [0, 0.05) is 29.4 Å². The smallest absolute Gasteiger partial charge is 0.257 e. The van der Waals surface area contributed by atoms with Gasteiger partial charge in [0.25, 0.3) is 5.56 Å². The van der Waals surface area contributed by atoms with E-state index in [1.807, 2.05) is 30.3 Å². The number of hydrogen-bond acceptors (Lipinski definition) is 8. The number of hydrogen-bond donors (Lipinski definition) is 3. The summed E-state index contributed by atoms with van der Waals surface area (Å²) < 4.78 is 10.7. The van der Waals surface area contributed by atoms with E-state index < -0.39 is 5.92 Å². The second-order valence-corrected chi connectivity index (χ2v) is 9.37. The Labute approximate surface area is 206 Å². The van der Waals surface area contributed by atoms with Crippen molar-refractivity contribution in [1.82, 2.24) is 9.97 Å². The molecule has 2 aliphatic rings. The molecule has 0 radical (unpaired) electrons. The summed E-state index contributed by atoms with van der Waals surface area (Å²) in [6.07, 6.45) is 1.83. The van der Waals surface area contributed by atoms with Crippen LogP contribution in [0, 0.1) is 0 Å². The minimum atomic E-state index is -0.665. The topological polar surface area (TPSA) is 114 Å². The zero-order valence-corrected chi connectivity index (χ0v) is 20.2. The maximum Gasteiger partial charge on any atom is 0.257 e. The van der Waals surface area contributed by atoms with E-state index in [0.717, 1.165) is 17.7 Å². The molecule has 9 heteroatoms. The molecule has 2 heterocycles. The van der Waals surface area contributed by atoms with Crippen LogP contribution in [-0.2, 0) is 10.5 Å². The molecule has 180 valence electrons. The number of phenolic OH excluding ortho intramolecular Hbond substituents is 1. The number of nitrogens with one attached hydrogen (secondary N) is 2. The number of thioether (sulfide) groups is 1. The SMILES string of the molecule is COc1cc(C2C3=C(CCCC3=O)Nc3nc(SCc4ccccc4)[nH]c(=O)c32)cc(OC)c1O. The largest absolute Gasteiger partial charge is 0.502 e. The number of rotatable bonds is 6. The molecule has 35 heavy (non-hydrogen) atoms. The fourth-order valence-electron chi connectivity index (χ4n) is 4.65. The molecule has 0 fully saturated rings. The van der Waals surface area contributed by atoms with Gasteiger partial charge in [-0.1, -0.05) is 42.1 Å². The number of allylic oxidation sites excluding steroid dienone is 2. The molecular formula is C26H25N3O5S. The molecule has 1 atom stereocenters. The molecule has 0 amide bonds. The van der Waals surface area contributed by atoms with E-state index in [-0.39, 0.29) is 28.6 Å². The van der Waals surface area contributed by atoms with Gasteiger partial charge >= 0.3 is 0 Å². The van der Waals surface area contributed by atoms with Crippen molar-refractivity contribution in [2.24, 2.45) is 0 Å². The van der Waals surface area contributed by atoms with Gasteiger partial charge in [-0.3, -0.25) is 9.59 Å². The number of H-pyrrole nitrogens is 1. The predicted molar refractivity (Wildman–Crippen MR) is 133 cm³/mol. The lowest BCUT2D eigenvalue weighted by Gasteiger charge is -2.33. The summed E-state index contributed by atoms with van der Waals surface area (Å²) in [6, 6.07) is 13.2.